The molecule has 0 unspecified atom stereocenters. The average Bonchev–Trinajstić information content (AvgIpc) is 2.97. The molecule has 6 nitrogen and oxygen atoms in total. The first kappa shape index (κ1) is 15.1. The van der Waals surface area contributed by atoms with E-state index in [4.69, 9.17) is 14.3 Å². The van der Waals surface area contributed by atoms with Gasteiger partial charge in [-0.05, 0) is 46.3 Å². The van der Waals surface area contributed by atoms with Crippen LogP contribution in [-0.2, 0) is 11.3 Å². The number of rotatable bonds is 6. The first-order valence-corrected chi connectivity index (χ1v) is 6.80. The van der Waals surface area contributed by atoms with Gasteiger partial charge in [0.15, 0.2) is 6.61 Å². The quantitative estimate of drug-likeness (QED) is 0.832. The van der Waals surface area contributed by atoms with E-state index in [1.807, 2.05) is 0 Å². The second-order valence-electron chi connectivity index (χ2n) is 4.10. The maximum absolute atomic E-state index is 11.6. The molecule has 1 aromatic heterocycles. The summed E-state index contributed by atoms with van der Waals surface area (Å²) in [4.78, 5) is 22.4. The highest BCUT2D eigenvalue weighted by Crippen LogP contribution is 2.25. The Labute approximate surface area is 128 Å². The molecule has 0 fully saturated rings. The van der Waals surface area contributed by atoms with Crippen LogP contribution in [0, 0.1) is 0 Å². The van der Waals surface area contributed by atoms with E-state index in [9.17, 15) is 9.59 Å². The second kappa shape index (κ2) is 6.94. The largest absolute Gasteiger partial charge is 0.483 e. The highest BCUT2D eigenvalue weighted by molar-refractivity contribution is 9.10. The minimum absolute atomic E-state index is 0.136. The molecule has 0 aliphatic rings. The maximum atomic E-state index is 11.6. The van der Waals surface area contributed by atoms with Gasteiger partial charge >= 0.3 is 5.97 Å². The van der Waals surface area contributed by atoms with E-state index >= 15 is 0 Å². The normalized spacial score (nSPS) is 10.1. The first-order chi connectivity index (χ1) is 10.1. The number of hydrogen-bond donors (Lipinski definition) is 2. The van der Waals surface area contributed by atoms with Crippen molar-refractivity contribution in [2.45, 2.75) is 6.54 Å². The summed E-state index contributed by atoms with van der Waals surface area (Å²) >= 11 is 3.20. The van der Waals surface area contributed by atoms with E-state index < -0.39 is 5.97 Å². The summed E-state index contributed by atoms with van der Waals surface area (Å²) < 4.78 is 10.9. The molecule has 0 radical (unpaired) electrons. The van der Waals surface area contributed by atoms with Crippen molar-refractivity contribution in [3.8, 4) is 5.75 Å². The van der Waals surface area contributed by atoms with Gasteiger partial charge in [0.05, 0.1) is 22.8 Å². The van der Waals surface area contributed by atoms with E-state index in [0.717, 1.165) is 0 Å². The van der Waals surface area contributed by atoms with E-state index in [1.165, 1.54) is 24.5 Å². The third-order valence-electron chi connectivity index (χ3n) is 2.58. The number of nitrogens with one attached hydrogen (secondary N) is 1. The van der Waals surface area contributed by atoms with Crippen molar-refractivity contribution in [3.63, 3.8) is 0 Å². The van der Waals surface area contributed by atoms with Gasteiger partial charge in [0.1, 0.15) is 11.5 Å². The van der Waals surface area contributed by atoms with Crippen LogP contribution >= 0.6 is 15.9 Å². The van der Waals surface area contributed by atoms with Gasteiger partial charge in [-0.25, -0.2) is 4.79 Å². The molecular formula is C14H12BrNO5. The van der Waals surface area contributed by atoms with Crippen LogP contribution in [0.25, 0.3) is 0 Å². The number of hydrogen-bond acceptors (Lipinski definition) is 4. The van der Waals surface area contributed by atoms with Crippen molar-refractivity contribution in [3.05, 3.63) is 52.4 Å². The smallest absolute Gasteiger partial charge is 0.335 e. The molecule has 0 bridgehead atoms. The lowest BCUT2D eigenvalue weighted by Gasteiger charge is -2.08. The summed E-state index contributed by atoms with van der Waals surface area (Å²) in [6.45, 7) is 0.111. The lowest BCUT2D eigenvalue weighted by molar-refractivity contribution is -0.123. The van der Waals surface area contributed by atoms with Crippen molar-refractivity contribution >= 4 is 27.8 Å². The van der Waals surface area contributed by atoms with Gasteiger partial charge in [0, 0.05) is 0 Å². The number of carboxylic acid groups (broad SMARTS) is 1. The van der Waals surface area contributed by atoms with Gasteiger partial charge in [0.25, 0.3) is 5.91 Å². The molecule has 21 heavy (non-hydrogen) atoms. The Bertz CT molecular complexity index is 639. The van der Waals surface area contributed by atoms with Crippen LogP contribution in [0.1, 0.15) is 16.1 Å². The van der Waals surface area contributed by atoms with Crippen molar-refractivity contribution < 1.29 is 23.8 Å². The Hall–Kier alpha value is -2.28. The minimum atomic E-state index is -1.03. The number of amides is 1. The third-order valence-corrected chi connectivity index (χ3v) is 3.20. The first-order valence-electron chi connectivity index (χ1n) is 6.01. The van der Waals surface area contributed by atoms with Crippen LogP contribution < -0.4 is 10.1 Å². The van der Waals surface area contributed by atoms with E-state index in [1.54, 1.807) is 12.1 Å². The summed E-state index contributed by atoms with van der Waals surface area (Å²) in [6.07, 6.45) is 1.53. The van der Waals surface area contributed by atoms with E-state index in [2.05, 4.69) is 21.2 Å². The monoisotopic (exact) mass is 353 g/mol. The molecule has 0 saturated carbocycles. The predicted octanol–water partition coefficient (Wildman–Crippen LogP) is 2.44. The van der Waals surface area contributed by atoms with Crippen LogP contribution in [-0.4, -0.2) is 23.6 Å². The number of halogens is 1. The molecule has 0 atom stereocenters. The number of aromatic carboxylic acids is 1. The standard InChI is InChI=1S/C14H12BrNO5/c15-11-6-9(14(18)19)3-4-12(11)21-8-13(17)16-7-10-2-1-5-20-10/h1-6H,7-8H2,(H,16,17)(H,18,19). The number of benzene rings is 1. The van der Waals surface area contributed by atoms with Crippen LogP contribution in [0.3, 0.4) is 0 Å². The van der Waals surface area contributed by atoms with Crippen molar-refractivity contribution in [1.29, 1.82) is 0 Å². The summed E-state index contributed by atoms with van der Waals surface area (Å²) in [5, 5.41) is 11.5. The highest BCUT2D eigenvalue weighted by atomic mass is 79.9. The molecule has 1 heterocycles. The molecule has 0 aliphatic carbocycles. The summed E-state index contributed by atoms with van der Waals surface area (Å²) in [7, 11) is 0. The van der Waals surface area contributed by atoms with Crippen molar-refractivity contribution in [2.75, 3.05) is 6.61 Å². The van der Waals surface area contributed by atoms with Crippen LogP contribution in [0.5, 0.6) is 5.75 Å². The zero-order valence-corrected chi connectivity index (χ0v) is 12.4. The molecule has 0 saturated heterocycles. The van der Waals surface area contributed by atoms with Crippen LogP contribution in [0.2, 0.25) is 0 Å². The molecule has 0 spiro atoms. The molecule has 1 aromatic carbocycles. The van der Waals surface area contributed by atoms with Gasteiger partial charge in [-0.3, -0.25) is 4.79 Å². The molecule has 0 aliphatic heterocycles. The maximum Gasteiger partial charge on any atom is 0.335 e. The number of furan rings is 1. The molecule has 7 heteroatoms. The lowest BCUT2D eigenvalue weighted by Crippen LogP contribution is -2.28. The number of ether oxygens (including phenoxy) is 1. The van der Waals surface area contributed by atoms with Crippen LogP contribution in [0.4, 0.5) is 0 Å². The van der Waals surface area contributed by atoms with Crippen LogP contribution in [0.15, 0.2) is 45.5 Å². The summed E-state index contributed by atoms with van der Waals surface area (Å²) in [6, 6.07) is 7.80. The van der Waals surface area contributed by atoms with Gasteiger partial charge in [-0.2, -0.15) is 0 Å². The van der Waals surface area contributed by atoms with Gasteiger partial charge < -0.3 is 19.6 Å². The van der Waals surface area contributed by atoms with E-state index in [0.29, 0.717) is 16.0 Å². The Balaban J connectivity index is 1.85. The molecular weight excluding hydrogens is 342 g/mol. The molecule has 2 rings (SSSR count). The molecule has 2 N–H and O–H groups in total. The number of carbonyl (C=O) groups excluding carboxylic acids is 1. The Morgan fingerprint density at radius 3 is 2.76 bits per heavy atom. The lowest BCUT2D eigenvalue weighted by atomic mass is 10.2. The topological polar surface area (TPSA) is 88.8 Å². The zero-order valence-electron chi connectivity index (χ0n) is 10.8. The number of carboxylic acids is 1. The minimum Gasteiger partial charge on any atom is -0.483 e. The fourth-order valence-electron chi connectivity index (χ4n) is 1.54. The third kappa shape index (κ3) is 4.35. The fourth-order valence-corrected chi connectivity index (χ4v) is 2.04. The van der Waals surface area contributed by atoms with Gasteiger partial charge in [-0.15, -0.1) is 0 Å². The van der Waals surface area contributed by atoms with Crippen molar-refractivity contribution in [1.82, 2.24) is 5.32 Å². The second-order valence-corrected chi connectivity index (χ2v) is 4.95. The Kier molecular flexibility index (Phi) is 4.99. The Morgan fingerprint density at radius 2 is 2.14 bits per heavy atom. The summed E-state index contributed by atoms with van der Waals surface area (Å²) in [5.41, 5.74) is 0.136. The molecule has 110 valence electrons. The molecule has 2 aromatic rings. The number of carbonyl (C=O) groups is 2. The van der Waals surface area contributed by atoms with Gasteiger partial charge in [-0.1, -0.05) is 0 Å². The average molecular weight is 354 g/mol. The molecule has 1 amide bonds. The van der Waals surface area contributed by atoms with E-state index in [-0.39, 0.29) is 24.6 Å². The van der Waals surface area contributed by atoms with Crippen molar-refractivity contribution in [2.24, 2.45) is 0 Å². The highest BCUT2D eigenvalue weighted by Gasteiger charge is 2.09. The fraction of sp³-hybridized carbons (Fsp3) is 0.143. The summed E-state index contributed by atoms with van der Waals surface area (Å²) in [5.74, 6) is -0.289. The SMILES string of the molecule is O=C(COc1ccc(C(=O)O)cc1Br)NCc1ccco1. The Morgan fingerprint density at radius 1 is 1.33 bits per heavy atom. The van der Waals surface area contributed by atoms with Gasteiger partial charge in [0.2, 0.25) is 0 Å². The zero-order chi connectivity index (χ0) is 15.2. The predicted molar refractivity (Wildman–Crippen MR) is 77.2 cm³/mol.